The van der Waals surface area contributed by atoms with Gasteiger partial charge < -0.3 is 4.42 Å². The fourth-order valence-electron chi connectivity index (χ4n) is 7.87. The zero-order valence-electron chi connectivity index (χ0n) is 22.6. The molecule has 0 unspecified atom stereocenters. The second kappa shape index (κ2) is 7.84. The maximum Gasteiger partial charge on any atom is 0.162 e. The highest BCUT2D eigenvalue weighted by atomic mass is 16.3. The fourth-order valence-corrected chi connectivity index (χ4v) is 7.87. The van der Waals surface area contributed by atoms with Crippen LogP contribution in [0.2, 0.25) is 0 Å². The molecule has 0 radical (unpaired) electrons. The summed E-state index contributed by atoms with van der Waals surface area (Å²) in [4.78, 5) is 5.09. The monoisotopic (exact) mass is 533 g/mol. The Bertz CT molecular complexity index is 2360. The molecule has 2 aromatic heterocycles. The predicted molar refractivity (Wildman–Crippen MR) is 171 cm³/mol. The van der Waals surface area contributed by atoms with Crippen LogP contribution in [0.4, 0.5) is 0 Å². The van der Waals surface area contributed by atoms with Gasteiger partial charge in [0, 0.05) is 16.3 Å². The second-order valence-electron chi connectivity index (χ2n) is 11.4. The predicted octanol–water partition coefficient (Wildman–Crippen LogP) is 10.1. The maximum atomic E-state index is 6.59. The second-order valence-corrected chi connectivity index (χ2v) is 11.4. The van der Waals surface area contributed by atoms with E-state index < -0.39 is 0 Å². The van der Waals surface area contributed by atoms with Crippen LogP contribution in [0.25, 0.3) is 66.4 Å². The van der Waals surface area contributed by atoms with Crippen LogP contribution in [0.15, 0.2) is 144 Å². The Morgan fingerprint density at radius 3 is 1.71 bits per heavy atom. The van der Waals surface area contributed by atoms with Crippen LogP contribution in [0.1, 0.15) is 22.3 Å². The fraction of sp³-hybridized carbons (Fsp3) is 0.0250. The van der Waals surface area contributed by atoms with Crippen LogP contribution in [0.3, 0.4) is 0 Å². The molecule has 0 amide bonds. The van der Waals surface area contributed by atoms with E-state index in [1.165, 1.54) is 44.5 Å². The molecule has 1 spiro atoms. The van der Waals surface area contributed by atoms with Crippen molar-refractivity contribution >= 4 is 33.0 Å². The van der Waals surface area contributed by atoms with Crippen molar-refractivity contribution in [1.82, 2.24) is 4.98 Å². The highest BCUT2D eigenvalue weighted by Crippen LogP contribution is 2.63. The van der Waals surface area contributed by atoms with Crippen molar-refractivity contribution in [3.63, 3.8) is 0 Å². The van der Waals surface area contributed by atoms with Gasteiger partial charge in [-0.1, -0.05) is 115 Å². The molecule has 2 heteroatoms. The summed E-state index contributed by atoms with van der Waals surface area (Å²) in [7, 11) is 0. The topological polar surface area (TPSA) is 26.0 Å². The first-order valence-electron chi connectivity index (χ1n) is 14.5. The van der Waals surface area contributed by atoms with Crippen LogP contribution in [-0.4, -0.2) is 4.98 Å². The summed E-state index contributed by atoms with van der Waals surface area (Å²) in [5, 5.41) is 2.14. The van der Waals surface area contributed by atoms with Gasteiger partial charge in [0.2, 0.25) is 0 Å². The van der Waals surface area contributed by atoms with E-state index in [0.717, 1.165) is 44.1 Å². The van der Waals surface area contributed by atoms with Crippen molar-refractivity contribution in [1.29, 1.82) is 0 Å². The molecule has 0 aliphatic heterocycles. The molecule has 2 heterocycles. The third-order valence-electron chi connectivity index (χ3n) is 9.49. The number of rotatable bonds is 1. The van der Waals surface area contributed by atoms with Gasteiger partial charge in [0.25, 0.3) is 0 Å². The van der Waals surface area contributed by atoms with Gasteiger partial charge in [0.1, 0.15) is 11.1 Å². The molecule has 194 valence electrons. The average molecular weight is 534 g/mol. The third kappa shape index (κ3) is 2.59. The van der Waals surface area contributed by atoms with Gasteiger partial charge in [-0.15, -0.1) is 0 Å². The molecule has 2 nitrogen and oxygen atoms in total. The minimum atomic E-state index is -0.384. The Kier molecular flexibility index (Phi) is 4.15. The summed E-state index contributed by atoms with van der Waals surface area (Å²) in [6.45, 7) is 0. The first-order valence-corrected chi connectivity index (χ1v) is 14.5. The number of fused-ring (bicyclic) bond motifs is 14. The summed E-state index contributed by atoms with van der Waals surface area (Å²) in [5.41, 5.74) is 16.0. The van der Waals surface area contributed by atoms with Gasteiger partial charge >= 0.3 is 0 Å². The lowest BCUT2D eigenvalue weighted by Crippen LogP contribution is -2.25. The first kappa shape index (κ1) is 22.2. The molecule has 10 rings (SSSR count). The van der Waals surface area contributed by atoms with Gasteiger partial charge in [-0.2, -0.15) is 0 Å². The van der Waals surface area contributed by atoms with E-state index in [2.05, 4.69) is 127 Å². The van der Waals surface area contributed by atoms with Gasteiger partial charge in [-0.3, -0.25) is 0 Å². The van der Waals surface area contributed by atoms with Crippen molar-refractivity contribution in [2.75, 3.05) is 0 Å². The van der Waals surface area contributed by atoms with E-state index in [4.69, 9.17) is 9.40 Å². The molecule has 0 N–H and O–H groups in total. The summed E-state index contributed by atoms with van der Waals surface area (Å²) < 4.78 is 6.59. The van der Waals surface area contributed by atoms with Crippen molar-refractivity contribution in [2.24, 2.45) is 0 Å². The largest absolute Gasteiger partial charge is 0.454 e. The molecule has 2 aliphatic rings. The van der Waals surface area contributed by atoms with E-state index in [1.54, 1.807) is 0 Å². The minimum Gasteiger partial charge on any atom is -0.454 e. The molecule has 8 aromatic rings. The van der Waals surface area contributed by atoms with E-state index in [-0.39, 0.29) is 5.41 Å². The zero-order valence-corrected chi connectivity index (χ0v) is 22.6. The molecular weight excluding hydrogens is 510 g/mol. The summed E-state index contributed by atoms with van der Waals surface area (Å²) in [6.07, 6.45) is 0. The molecule has 6 aromatic carbocycles. The van der Waals surface area contributed by atoms with Crippen LogP contribution < -0.4 is 0 Å². The molecule has 2 aliphatic carbocycles. The van der Waals surface area contributed by atoms with E-state index in [9.17, 15) is 0 Å². The molecule has 0 bridgehead atoms. The van der Waals surface area contributed by atoms with Crippen LogP contribution in [0.5, 0.6) is 0 Å². The number of benzene rings is 6. The summed E-state index contributed by atoms with van der Waals surface area (Å²) in [6, 6.07) is 50.5. The third-order valence-corrected chi connectivity index (χ3v) is 9.49. The molecule has 0 atom stereocenters. The Morgan fingerprint density at radius 1 is 0.476 bits per heavy atom. The highest BCUT2D eigenvalue weighted by molar-refractivity contribution is 6.15. The Balaban J connectivity index is 1.36. The van der Waals surface area contributed by atoms with Gasteiger partial charge in [-0.05, 0) is 74.3 Å². The van der Waals surface area contributed by atoms with Crippen LogP contribution in [0, 0.1) is 0 Å². The van der Waals surface area contributed by atoms with Gasteiger partial charge in [0.05, 0.1) is 10.9 Å². The smallest absolute Gasteiger partial charge is 0.162 e. The number of hydrogen-bond acceptors (Lipinski definition) is 2. The van der Waals surface area contributed by atoms with Crippen molar-refractivity contribution in [2.45, 2.75) is 5.41 Å². The number of aromatic nitrogens is 1. The quantitative estimate of drug-likeness (QED) is 0.210. The highest BCUT2D eigenvalue weighted by Gasteiger charge is 2.51. The summed E-state index contributed by atoms with van der Waals surface area (Å²) >= 11 is 0. The normalized spacial score (nSPS) is 13.9. The maximum absolute atomic E-state index is 6.59. The Morgan fingerprint density at radius 2 is 1.02 bits per heavy atom. The molecule has 42 heavy (non-hydrogen) atoms. The molecule has 0 saturated carbocycles. The molecule has 0 fully saturated rings. The average Bonchev–Trinajstić information content (AvgIpc) is 3.67. The van der Waals surface area contributed by atoms with Crippen molar-refractivity contribution in [3.8, 4) is 33.4 Å². The number of para-hydroxylation sites is 2. The minimum absolute atomic E-state index is 0.384. The lowest BCUT2D eigenvalue weighted by molar-refractivity contribution is 0.670. The van der Waals surface area contributed by atoms with Crippen LogP contribution >= 0.6 is 0 Å². The van der Waals surface area contributed by atoms with Crippen molar-refractivity contribution in [3.05, 3.63) is 162 Å². The summed E-state index contributed by atoms with van der Waals surface area (Å²) in [5.74, 6) is 0. The lowest BCUT2D eigenvalue weighted by atomic mass is 9.70. The Labute approximate surface area is 242 Å². The van der Waals surface area contributed by atoms with Gasteiger partial charge in [-0.25, -0.2) is 4.98 Å². The van der Waals surface area contributed by atoms with E-state index >= 15 is 0 Å². The number of nitrogens with zero attached hydrogens (tertiary/aromatic N) is 1. The van der Waals surface area contributed by atoms with Gasteiger partial charge in [0.15, 0.2) is 5.58 Å². The SMILES string of the molecule is c1ccc2c(c1)-c1ccccc1C21c2ccccc2-c2ccc(-c3c4ccccc4nc4c3oc3ccccc34)cc21. The van der Waals surface area contributed by atoms with Crippen molar-refractivity contribution < 1.29 is 4.42 Å². The standard InChI is InChI=1S/C40H23NO/c1-6-16-31-25(11-1)26-12-2-7-17-32(26)40(31)33-18-8-3-13-27(33)28-22-21-24(23-34(28)40)37-29-14-4-9-19-35(29)41-38-30-15-5-10-20-36(30)42-39(37)38/h1-23H. The lowest BCUT2D eigenvalue weighted by Gasteiger charge is -2.30. The molecule has 0 saturated heterocycles. The first-order chi connectivity index (χ1) is 20.8. The Hall–Kier alpha value is -5.47. The van der Waals surface area contributed by atoms with E-state index in [1.807, 2.05) is 12.1 Å². The number of furan rings is 1. The molecular formula is C40H23NO. The number of pyridine rings is 1. The van der Waals surface area contributed by atoms with E-state index in [0.29, 0.717) is 0 Å². The zero-order chi connectivity index (χ0) is 27.4. The van der Waals surface area contributed by atoms with Crippen LogP contribution in [-0.2, 0) is 5.41 Å². The number of hydrogen-bond donors (Lipinski definition) is 0.